The van der Waals surface area contributed by atoms with E-state index in [0.717, 1.165) is 32.4 Å². The van der Waals surface area contributed by atoms with Gasteiger partial charge in [-0.2, -0.15) is 0 Å². The molecule has 0 aromatic carbocycles. The summed E-state index contributed by atoms with van der Waals surface area (Å²) in [5.74, 6) is 2.46. The third-order valence-electron chi connectivity index (χ3n) is 2.96. The van der Waals surface area contributed by atoms with Crippen LogP contribution in [0.5, 0.6) is 0 Å². The number of likely N-dealkylation sites (tertiary alicyclic amines) is 1. The molecule has 1 saturated heterocycles. The summed E-state index contributed by atoms with van der Waals surface area (Å²) < 4.78 is 0. The Labute approximate surface area is 85.6 Å². The van der Waals surface area contributed by atoms with Gasteiger partial charge in [0.05, 0.1) is 5.92 Å². The van der Waals surface area contributed by atoms with E-state index in [2.05, 4.69) is 17.7 Å². The number of carbonyl (C=O) groups excluding carboxylic acids is 1. The Morgan fingerprint density at radius 2 is 2.36 bits per heavy atom. The maximum Gasteiger partial charge on any atom is 0.221 e. The monoisotopic (exact) mass is 194 g/mol. The minimum absolute atomic E-state index is 0.0176. The molecule has 1 fully saturated rings. The van der Waals surface area contributed by atoms with Gasteiger partial charge in [-0.3, -0.25) is 9.69 Å². The molecule has 0 aliphatic carbocycles. The maximum absolute atomic E-state index is 11.0. The molecule has 0 saturated carbocycles. The second-order valence-electron chi connectivity index (χ2n) is 3.97. The van der Waals surface area contributed by atoms with E-state index in [9.17, 15) is 4.79 Å². The van der Waals surface area contributed by atoms with E-state index in [0.29, 0.717) is 6.04 Å². The highest BCUT2D eigenvalue weighted by Gasteiger charge is 2.27. The number of carbonyl (C=O) groups is 1. The van der Waals surface area contributed by atoms with Crippen LogP contribution >= 0.6 is 0 Å². The van der Waals surface area contributed by atoms with Crippen molar-refractivity contribution in [1.82, 2.24) is 4.90 Å². The number of nitrogens with two attached hydrogens (primary N) is 1. The molecular formula is C11H18N2O. The lowest BCUT2D eigenvalue weighted by Gasteiger charge is -2.36. The second kappa shape index (κ2) is 5.02. The minimum atomic E-state index is -0.178. The van der Waals surface area contributed by atoms with Crippen LogP contribution in [0.3, 0.4) is 0 Å². The first kappa shape index (κ1) is 11.1. The number of amides is 1. The molecule has 0 bridgehead atoms. The van der Waals surface area contributed by atoms with E-state index in [1.807, 2.05) is 0 Å². The highest BCUT2D eigenvalue weighted by molar-refractivity contribution is 5.76. The average Bonchev–Trinajstić information content (AvgIpc) is 2.16. The van der Waals surface area contributed by atoms with Crippen molar-refractivity contribution in [3.63, 3.8) is 0 Å². The van der Waals surface area contributed by atoms with Gasteiger partial charge in [0.25, 0.3) is 0 Å². The molecule has 0 spiro atoms. The summed E-state index contributed by atoms with van der Waals surface area (Å²) in [6.45, 7) is 3.83. The number of hydrogen-bond donors (Lipinski definition) is 1. The summed E-state index contributed by atoms with van der Waals surface area (Å²) in [6.07, 6.45) is 7.92. The summed E-state index contributed by atoms with van der Waals surface area (Å²) >= 11 is 0. The molecule has 1 heterocycles. The quantitative estimate of drug-likeness (QED) is 0.669. The van der Waals surface area contributed by atoms with Gasteiger partial charge in [0, 0.05) is 25.6 Å². The van der Waals surface area contributed by atoms with Crippen molar-refractivity contribution in [2.45, 2.75) is 32.2 Å². The van der Waals surface area contributed by atoms with E-state index >= 15 is 0 Å². The van der Waals surface area contributed by atoms with Crippen LogP contribution in [-0.4, -0.2) is 29.9 Å². The molecule has 1 aliphatic rings. The average molecular weight is 194 g/mol. The molecule has 3 heteroatoms. The van der Waals surface area contributed by atoms with Crippen molar-refractivity contribution in [3.05, 3.63) is 0 Å². The van der Waals surface area contributed by atoms with Crippen LogP contribution < -0.4 is 5.73 Å². The highest BCUT2D eigenvalue weighted by atomic mass is 16.1. The summed E-state index contributed by atoms with van der Waals surface area (Å²) in [5, 5.41) is 0. The molecular weight excluding hydrogens is 176 g/mol. The number of hydrogen-bond acceptors (Lipinski definition) is 2. The lowest BCUT2D eigenvalue weighted by Crippen LogP contribution is -2.45. The number of rotatable bonds is 3. The van der Waals surface area contributed by atoms with Crippen molar-refractivity contribution in [3.8, 4) is 12.3 Å². The lowest BCUT2D eigenvalue weighted by atomic mass is 9.93. The smallest absolute Gasteiger partial charge is 0.221 e. The molecule has 3 nitrogen and oxygen atoms in total. The van der Waals surface area contributed by atoms with Gasteiger partial charge < -0.3 is 5.73 Å². The Bertz CT molecular complexity index is 244. The molecule has 0 aromatic heterocycles. The Hall–Kier alpha value is -1.01. The van der Waals surface area contributed by atoms with Gasteiger partial charge in [-0.15, -0.1) is 12.3 Å². The van der Waals surface area contributed by atoms with Gasteiger partial charge in [0.1, 0.15) is 0 Å². The van der Waals surface area contributed by atoms with Gasteiger partial charge in [-0.05, 0) is 19.8 Å². The van der Waals surface area contributed by atoms with E-state index in [4.69, 9.17) is 12.2 Å². The fourth-order valence-corrected chi connectivity index (χ4v) is 1.93. The number of nitrogens with zero attached hydrogens (tertiary/aromatic N) is 1. The summed E-state index contributed by atoms with van der Waals surface area (Å²) in [4.78, 5) is 13.3. The SMILES string of the molecule is C#CCCN1CC(C(N)=O)CCC1C. The number of piperidine rings is 1. The zero-order chi connectivity index (χ0) is 10.6. The molecule has 2 N–H and O–H groups in total. The molecule has 2 unspecified atom stereocenters. The third kappa shape index (κ3) is 2.74. The fourth-order valence-electron chi connectivity index (χ4n) is 1.93. The van der Waals surface area contributed by atoms with Gasteiger partial charge >= 0.3 is 0 Å². The second-order valence-corrected chi connectivity index (χ2v) is 3.97. The Morgan fingerprint density at radius 3 is 2.93 bits per heavy atom. The highest BCUT2D eigenvalue weighted by Crippen LogP contribution is 2.21. The van der Waals surface area contributed by atoms with E-state index in [1.165, 1.54) is 0 Å². The molecule has 14 heavy (non-hydrogen) atoms. The molecule has 1 aliphatic heterocycles. The molecule has 2 atom stereocenters. The molecule has 1 amide bonds. The third-order valence-corrected chi connectivity index (χ3v) is 2.96. The van der Waals surface area contributed by atoms with Crippen LogP contribution in [-0.2, 0) is 4.79 Å². The Kier molecular flexibility index (Phi) is 3.97. The first-order valence-electron chi connectivity index (χ1n) is 5.12. The number of primary amides is 1. The van der Waals surface area contributed by atoms with Crippen LogP contribution in [0.4, 0.5) is 0 Å². The van der Waals surface area contributed by atoms with Crippen LogP contribution in [0.2, 0.25) is 0 Å². The predicted octanol–water partition coefficient (Wildman–Crippen LogP) is 0.595. The predicted molar refractivity (Wildman–Crippen MR) is 56.4 cm³/mol. The van der Waals surface area contributed by atoms with Crippen molar-refractivity contribution < 1.29 is 4.79 Å². The van der Waals surface area contributed by atoms with Gasteiger partial charge in [0.15, 0.2) is 0 Å². The summed E-state index contributed by atoms with van der Waals surface area (Å²) in [6, 6.07) is 0.527. The first-order chi connectivity index (χ1) is 6.65. The Morgan fingerprint density at radius 1 is 1.64 bits per heavy atom. The zero-order valence-corrected chi connectivity index (χ0v) is 8.70. The molecule has 1 rings (SSSR count). The topological polar surface area (TPSA) is 46.3 Å². The zero-order valence-electron chi connectivity index (χ0n) is 8.70. The van der Waals surface area contributed by atoms with E-state index in [1.54, 1.807) is 0 Å². The van der Waals surface area contributed by atoms with Crippen molar-refractivity contribution in [1.29, 1.82) is 0 Å². The largest absolute Gasteiger partial charge is 0.369 e. The van der Waals surface area contributed by atoms with Crippen molar-refractivity contribution in [2.24, 2.45) is 11.7 Å². The van der Waals surface area contributed by atoms with E-state index in [-0.39, 0.29) is 11.8 Å². The van der Waals surface area contributed by atoms with E-state index < -0.39 is 0 Å². The molecule has 78 valence electrons. The summed E-state index contributed by atoms with van der Waals surface area (Å²) in [7, 11) is 0. The van der Waals surface area contributed by atoms with Gasteiger partial charge in [0.2, 0.25) is 5.91 Å². The first-order valence-corrected chi connectivity index (χ1v) is 5.12. The molecule has 0 aromatic rings. The standard InChI is InChI=1S/C11H18N2O/c1-3-4-7-13-8-10(11(12)14)6-5-9(13)2/h1,9-10H,4-8H2,2H3,(H2,12,14). The van der Waals surface area contributed by atoms with Gasteiger partial charge in [-0.1, -0.05) is 0 Å². The summed E-state index contributed by atoms with van der Waals surface area (Å²) in [5.41, 5.74) is 5.30. The number of terminal acetylenes is 1. The Balaban J connectivity index is 2.47. The van der Waals surface area contributed by atoms with Crippen LogP contribution in [0.1, 0.15) is 26.2 Å². The van der Waals surface area contributed by atoms with Gasteiger partial charge in [-0.25, -0.2) is 0 Å². The molecule has 0 radical (unpaired) electrons. The van der Waals surface area contributed by atoms with Crippen LogP contribution in [0.15, 0.2) is 0 Å². The lowest BCUT2D eigenvalue weighted by molar-refractivity contribution is -0.123. The van der Waals surface area contributed by atoms with Crippen molar-refractivity contribution in [2.75, 3.05) is 13.1 Å². The normalized spacial score (nSPS) is 28.3. The fraction of sp³-hybridized carbons (Fsp3) is 0.727. The van der Waals surface area contributed by atoms with Crippen LogP contribution in [0.25, 0.3) is 0 Å². The minimum Gasteiger partial charge on any atom is -0.369 e. The van der Waals surface area contributed by atoms with Crippen LogP contribution in [0, 0.1) is 18.3 Å². The maximum atomic E-state index is 11.0. The van der Waals surface area contributed by atoms with Crippen molar-refractivity contribution >= 4 is 5.91 Å².